The van der Waals surface area contributed by atoms with Crippen LogP contribution in [0, 0.1) is 0 Å². The van der Waals surface area contributed by atoms with Crippen molar-refractivity contribution in [3.05, 3.63) is 18.2 Å². The second-order valence-corrected chi connectivity index (χ2v) is 4.54. The van der Waals surface area contributed by atoms with Crippen molar-refractivity contribution in [2.45, 2.75) is 13.5 Å². The van der Waals surface area contributed by atoms with Crippen LogP contribution < -0.4 is 5.32 Å². The smallest absolute Gasteiger partial charge is 0.234 e. The van der Waals surface area contributed by atoms with Crippen LogP contribution in [0.3, 0.4) is 0 Å². The molecule has 1 fully saturated rings. The maximum Gasteiger partial charge on any atom is 0.234 e. The number of H-pyrrole nitrogens is 1. The molecule has 0 radical (unpaired) electrons. The van der Waals surface area contributed by atoms with Gasteiger partial charge in [-0.1, -0.05) is 0 Å². The van der Waals surface area contributed by atoms with Crippen LogP contribution in [0.4, 0.5) is 0 Å². The second-order valence-electron chi connectivity index (χ2n) is 4.54. The molecule has 2 rings (SSSR count). The summed E-state index contributed by atoms with van der Waals surface area (Å²) in [6.45, 7) is 7.89. The molecule has 0 bridgehead atoms. The third kappa shape index (κ3) is 3.82. The monoisotopic (exact) mass is 251 g/mol. The van der Waals surface area contributed by atoms with Gasteiger partial charge in [0.2, 0.25) is 5.91 Å². The maximum absolute atomic E-state index is 11.5. The molecule has 1 aliphatic rings. The standard InChI is InChI=1S/C12H21N5O/c1-2-13-12(18)10-17-7-5-16(6-8-17)9-11-14-3-4-15-11/h3-4H,2,5-10H2,1H3,(H,13,18)(H,14,15). The first-order chi connectivity index (χ1) is 8.78. The first-order valence-electron chi connectivity index (χ1n) is 6.47. The Balaban J connectivity index is 1.69. The molecule has 0 aliphatic carbocycles. The molecule has 1 amide bonds. The van der Waals surface area contributed by atoms with Crippen LogP contribution in [0.5, 0.6) is 0 Å². The Labute approximate surface area is 107 Å². The molecule has 0 spiro atoms. The number of likely N-dealkylation sites (N-methyl/N-ethyl adjacent to an activating group) is 1. The van der Waals surface area contributed by atoms with Gasteiger partial charge in [0.25, 0.3) is 0 Å². The molecule has 1 aromatic rings. The number of aromatic amines is 1. The highest BCUT2D eigenvalue weighted by molar-refractivity contribution is 5.77. The Morgan fingerprint density at radius 1 is 1.39 bits per heavy atom. The number of aromatic nitrogens is 2. The normalized spacial score (nSPS) is 17.8. The van der Waals surface area contributed by atoms with E-state index in [1.807, 2.05) is 13.1 Å². The van der Waals surface area contributed by atoms with Crippen molar-refractivity contribution in [1.29, 1.82) is 0 Å². The van der Waals surface area contributed by atoms with Crippen molar-refractivity contribution in [2.75, 3.05) is 39.3 Å². The van der Waals surface area contributed by atoms with Crippen LogP contribution in [0.1, 0.15) is 12.7 Å². The number of carbonyl (C=O) groups excluding carboxylic acids is 1. The van der Waals surface area contributed by atoms with Crippen LogP contribution in [0.25, 0.3) is 0 Å². The first-order valence-corrected chi connectivity index (χ1v) is 6.47. The Morgan fingerprint density at radius 2 is 2.11 bits per heavy atom. The number of carbonyl (C=O) groups is 1. The zero-order chi connectivity index (χ0) is 12.8. The molecule has 18 heavy (non-hydrogen) atoms. The molecule has 0 saturated carbocycles. The van der Waals surface area contributed by atoms with Crippen molar-refractivity contribution < 1.29 is 4.79 Å². The fourth-order valence-corrected chi connectivity index (χ4v) is 2.16. The number of nitrogens with one attached hydrogen (secondary N) is 2. The Morgan fingerprint density at radius 3 is 2.72 bits per heavy atom. The number of hydrogen-bond acceptors (Lipinski definition) is 4. The van der Waals surface area contributed by atoms with E-state index in [0.29, 0.717) is 13.1 Å². The molecule has 1 saturated heterocycles. The third-order valence-electron chi connectivity index (χ3n) is 3.13. The van der Waals surface area contributed by atoms with E-state index in [2.05, 4.69) is 25.1 Å². The summed E-state index contributed by atoms with van der Waals surface area (Å²) in [6, 6.07) is 0. The van der Waals surface area contributed by atoms with Crippen molar-refractivity contribution >= 4 is 5.91 Å². The van der Waals surface area contributed by atoms with Gasteiger partial charge in [-0.3, -0.25) is 14.6 Å². The number of imidazole rings is 1. The first kappa shape index (κ1) is 13.0. The lowest BCUT2D eigenvalue weighted by Gasteiger charge is -2.33. The maximum atomic E-state index is 11.5. The zero-order valence-electron chi connectivity index (χ0n) is 10.9. The summed E-state index contributed by atoms with van der Waals surface area (Å²) in [5, 5.41) is 2.83. The number of hydrogen-bond donors (Lipinski definition) is 2. The molecule has 0 atom stereocenters. The van der Waals surface area contributed by atoms with Gasteiger partial charge in [0.05, 0.1) is 13.1 Å². The fourth-order valence-electron chi connectivity index (χ4n) is 2.16. The van der Waals surface area contributed by atoms with Gasteiger partial charge < -0.3 is 10.3 Å². The number of amides is 1. The van der Waals surface area contributed by atoms with E-state index in [-0.39, 0.29) is 5.91 Å². The van der Waals surface area contributed by atoms with E-state index in [0.717, 1.165) is 38.5 Å². The van der Waals surface area contributed by atoms with Crippen LogP contribution in [0.2, 0.25) is 0 Å². The van der Waals surface area contributed by atoms with Crippen molar-refractivity contribution in [2.24, 2.45) is 0 Å². The Kier molecular flexibility index (Phi) is 4.72. The van der Waals surface area contributed by atoms with E-state index < -0.39 is 0 Å². The molecule has 1 aliphatic heterocycles. The minimum absolute atomic E-state index is 0.122. The number of piperazine rings is 1. The summed E-state index contributed by atoms with van der Waals surface area (Å²) in [4.78, 5) is 23.4. The molecule has 2 N–H and O–H groups in total. The van der Waals surface area contributed by atoms with E-state index in [1.54, 1.807) is 6.20 Å². The number of nitrogens with zero attached hydrogens (tertiary/aromatic N) is 3. The van der Waals surface area contributed by atoms with Crippen LogP contribution >= 0.6 is 0 Å². The molecular formula is C12H21N5O. The van der Waals surface area contributed by atoms with E-state index >= 15 is 0 Å². The van der Waals surface area contributed by atoms with Gasteiger partial charge in [0, 0.05) is 45.1 Å². The number of rotatable bonds is 5. The molecule has 2 heterocycles. The predicted octanol–water partition coefficient (Wildman–Crippen LogP) is -0.337. The second kappa shape index (κ2) is 6.51. The average molecular weight is 251 g/mol. The SMILES string of the molecule is CCNC(=O)CN1CCN(Cc2ncc[nH]2)CC1. The molecule has 0 aromatic carbocycles. The van der Waals surface area contributed by atoms with Crippen LogP contribution in [-0.2, 0) is 11.3 Å². The fraction of sp³-hybridized carbons (Fsp3) is 0.667. The molecular weight excluding hydrogens is 230 g/mol. The molecule has 100 valence electrons. The van der Waals surface area contributed by atoms with Gasteiger partial charge in [-0.05, 0) is 6.92 Å². The summed E-state index contributed by atoms with van der Waals surface area (Å²) in [5.74, 6) is 1.13. The largest absolute Gasteiger partial charge is 0.355 e. The quantitative estimate of drug-likeness (QED) is 0.752. The highest BCUT2D eigenvalue weighted by Crippen LogP contribution is 2.04. The highest BCUT2D eigenvalue weighted by Gasteiger charge is 2.19. The molecule has 1 aromatic heterocycles. The minimum atomic E-state index is 0.122. The van der Waals surface area contributed by atoms with Gasteiger partial charge in [-0.15, -0.1) is 0 Å². The lowest BCUT2D eigenvalue weighted by Crippen LogP contribution is -2.49. The molecule has 6 heteroatoms. The third-order valence-corrected chi connectivity index (χ3v) is 3.13. The Bertz CT molecular complexity index is 357. The van der Waals surface area contributed by atoms with Gasteiger partial charge in [0.15, 0.2) is 0 Å². The molecule has 0 unspecified atom stereocenters. The highest BCUT2D eigenvalue weighted by atomic mass is 16.2. The van der Waals surface area contributed by atoms with E-state index in [1.165, 1.54) is 0 Å². The van der Waals surface area contributed by atoms with Gasteiger partial charge >= 0.3 is 0 Å². The van der Waals surface area contributed by atoms with Gasteiger partial charge in [0.1, 0.15) is 5.82 Å². The van der Waals surface area contributed by atoms with E-state index in [9.17, 15) is 4.79 Å². The lowest BCUT2D eigenvalue weighted by molar-refractivity contribution is -0.122. The van der Waals surface area contributed by atoms with Crippen molar-refractivity contribution in [1.82, 2.24) is 25.1 Å². The summed E-state index contributed by atoms with van der Waals surface area (Å²) >= 11 is 0. The van der Waals surface area contributed by atoms with Gasteiger partial charge in [-0.2, -0.15) is 0 Å². The van der Waals surface area contributed by atoms with Gasteiger partial charge in [-0.25, -0.2) is 4.98 Å². The van der Waals surface area contributed by atoms with E-state index in [4.69, 9.17) is 0 Å². The van der Waals surface area contributed by atoms with Crippen LogP contribution in [0.15, 0.2) is 12.4 Å². The van der Waals surface area contributed by atoms with Crippen molar-refractivity contribution in [3.8, 4) is 0 Å². The van der Waals surface area contributed by atoms with Crippen LogP contribution in [-0.4, -0.2) is 64.9 Å². The topological polar surface area (TPSA) is 64.3 Å². The predicted molar refractivity (Wildman–Crippen MR) is 69.0 cm³/mol. The Hall–Kier alpha value is -1.40. The molecule has 6 nitrogen and oxygen atoms in total. The lowest BCUT2D eigenvalue weighted by atomic mass is 10.3. The summed E-state index contributed by atoms with van der Waals surface area (Å²) in [5.41, 5.74) is 0. The van der Waals surface area contributed by atoms with Crippen molar-refractivity contribution in [3.63, 3.8) is 0 Å². The average Bonchev–Trinajstić information content (AvgIpc) is 2.85. The summed E-state index contributed by atoms with van der Waals surface area (Å²) in [6.07, 6.45) is 3.63. The zero-order valence-corrected chi connectivity index (χ0v) is 10.9. The summed E-state index contributed by atoms with van der Waals surface area (Å²) in [7, 11) is 0. The summed E-state index contributed by atoms with van der Waals surface area (Å²) < 4.78 is 0. The minimum Gasteiger partial charge on any atom is -0.355 e.